The first-order valence-electron chi connectivity index (χ1n) is 13.5. The van der Waals surface area contributed by atoms with Crippen LogP contribution in [0.15, 0.2) is 21.3 Å². The van der Waals surface area contributed by atoms with Gasteiger partial charge in [0.25, 0.3) is 11.8 Å². The van der Waals surface area contributed by atoms with Crippen molar-refractivity contribution in [1.29, 1.82) is 0 Å². The Morgan fingerprint density at radius 2 is 1.43 bits per heavy atom. The standard InChI is InChI=1S/C14H19BrN2O3.C14H17BrN2O3/c2*1-3-20-13-8(2)7-11(15)17-12(13)14(19)16-9-5-4-6-10(9)18/h7,9-10,18H,3-6H2,1-2H3,(H,16,19);7,9H,3-6H2,1-2H3,(H,16,19)/t9?,10-;/m1./s1. The molecule has 3 N–H and O–H groups in total. The molecule has 2 aliphatic carbocycles. The maximum atomic E-state index is 12.4. The number of hydrogen-bond donors (Lipinski definition) is 3. The van der Waals surface area contributed by atoms with Gasteiger partial charge in [-0.05, 0) is 115 Å². The maximum Gasteiger partial charge on any atom is 0.274 e. The maximum absolute atomic E-state index is 12.4. The molecular formula is C28H36Br2N4O6. The lowest BCUT2D eigenvalue weighted by atomic mass is 10.1. The van der Waals surface area contributed by atoms with E-state index in [0.29, 0.717) is 46.8 Å². The largest absolute Gasteiger partial charge is 0.491 e. The van der Waals surface area contributed by atoms with Gasteiger partial charge in [0.1, 0.15) is 9.21 Å². The zero-order valence-electron chi connectivity index (χ0n) is 23.2. The number of aromatic nitrogens is 2. The summed E-state index contributed by atoms with van der Waals surface area (Å²) >= 11 is 6.57. The normalized spacial score (nSPS) is 20.0. The number of carbonyl (C=O) groups is 3. The number of carbonyl (C=O) groups excluding carboxylic acids is 3. The number of aliphatic hydroxyl groups excluding tert-OH is 1. The van der Waals surface area contributed by atoms with Crippen molar-refractivity contribution in [3.63, 3.8) is 0 Å². The second kappa shape index (κ2) is 14.9. The molecule has 0 aliphatic heterocycles. The Bertz CT molecular complexity index is 1240. The number of aliphatic hydroxyl groups is 1. The van der Waals surface area contributed by atoms with Crippen LogP contribution in [0.5, 0.6) is 11.5 Å². The number of ether oxygens (including phenoxy) is 2. The molecule has 2 amide bonds. The number of rotatable bonds is 8. The number of aryl methyl sites for hydroxylation is 2. The van der Waals surface area contributed by atoms with Crippen molar-refractivity contribution in [3.8, 4) is 11.5 Å². The summed E-state index contributed by atoms with van der Waals surface area (Å²) in [5, 5.41) is 15.4. The van der Waals surface area contributed by atoms with Crippen LogP contribution in [0.1, 0.15) is 84.5 Å². The molecule has 4 rings (SSSR count). The molecule has 0 saturated heterocycles. The first-order chi connectivity index (χ1) is 19.0. The lowest BCUT2D eigenvalue weighted by Crippen LogP contribution is -2.40. The quantitative estimate of drug-likeness (QED) is 0.343. The number of Topliss-reactive ketones (excluding diaryl/α,β-unsaturated/α-hetero) is 1. The number of amides is 2. The van der Waals surface area contributed by atoms with E-state index in [4.69, 9.17) is 9.47 Å². The summed E-state index contributed by atoms with van der Waals surface area (Å²) in [6, 6.07) is 3.02. The van der Waals surface area contributed by atoms with Crippen LogP contribution in [0, 0.1) is 13.8 Å². The van der Waals surface area contributed by atoms with Crippen molar-refractivity contribution in [3.05, 3.63) is 43.9 Å². The second-order valence-electron chi connectivity index (χ2n) is 9.71. The fourth-order valence-electron chi connectivity index (χ4n) is 4.74. The fourth-order valence-corrected chi connectivity index (χ4v) is 5.78. The minimum absolute atomic E-state index is 0.0861. The molecular weight excluding hydrogens is 648 g/mol. The predicted octanol–water partition coefficient (Wildman–Crippen LogP) is 4.60. The molecule has 0 bridgehead atoms. The van der Waals surface area contributed by atoms with Gasteiger partial charge in [-0.1, -0.05) is 0 Å². The summed E-state index contributed by atoms with van der Waals surface area (Å²) in [4.78, 5) is 44.7. The lowest BCUT2D eigenvalue weighted by molar-refractivity contribution is -0.118. The summed E-state index contributed by atoms with van der Waals surface area (Å²) in [5.41, 5.74) is 2.17. The summed E-state index contributed by atoms with van der Waals surface area (Å²) in [6.45, 7) is 8.37. The highest BCUT2D eigenvalue weighted by Gasteiger charge is 2.29. The van der Waals surface area contributed by atoms with Gasteiger partial charge in [-0.2, -0.15) is 0 Å². The first-order valence-corrected chi connectivity index (χ1v) is 15.1. The molecule has 2 saturated carbocycles. The summed E-state index contributed by atoms with van der Waals surface area (Å²) < 4.78 is 12.2. The van der Waals surface area contributed by atoms with E-state index in [1.54, 1.807) is 6.07 Å². The van der Waals surface area contributed by atoms with E-state index < -0.39 is 12.1 Å². The SMILES string of the molecule is CCOc1c(C)cc(Br)nc1C(=O)NC1CCCC1=O.CCOc1c(C)cc(Br)nc1C(=O)NC1CCC[C@H]1O. The summed E-state index contributed by atoms with van der Waals surface area (Å²) in [5.74, 6) is 0.393. The van der Waals surface area contributed by atoms with E-state index in [2.05, 4.69) is 52.5 Å². The molecule has 2 aromatic rings. The van der Waals surface area contributed by atoms with Crippen LogP contribution in [0.3, 0.4) is 0 Å². The summed E-state index contributed by atoms with van der Waals surface area (Å²) in [7, 11) is 0. The van der Waals surface area contributed by atoms with E-state index >= 15 is 0 Å². The highest BCUT2D eigenvalue weighted by atomic mass is 79.9. The Morgan fingerprint density at radius 1 is 0.900 bits per heavy atom. The van der Waals surface area contributed by atoms with Gasteiger partial charge < -0.3 is 25.2 Å². The molecule has 2 heterocycles. The molecule has 40 heavy (non-hydrogen) atoms. The van der Waals surface area contributed by atoms with Gasteiger partial charge in [0.15, 0.2) is 28.7 Å². The number of nitrogens with one attached hydrogen (secondary N) is 2. The number of ketones is 1. The van der Waals surface area contributed by atoms with E-state index in [1.807, 2.05) is 33.8 Å². The van der Waals surface area contributed by atoms with Crippen LogP contribution in [0.25, 0.3) is 0 Å². The zero-order valence-corrected chi connectivity index (χ0v) is 26.4. The third-order valence-electron chi connectivity index (χ3n) is 6.67. The second-order valence-corrected chi connectivity index (χ2v) is 11.3. The Morgan fingerprint density at radius 3 is 1.85 bits per heavy atom. The zero-order chi connectivity index (χ0) is 29.4. The Kier molecular flexibility index (Phi) is 11.9. The number of pyridine rings is 2. The number of halogens is 2. The molecule has 10 nitrogen and oxygen atoms in total. The highest BCUT2D eigenvalue weighted by molar-refractivity contribution is 9.10. The van der Waals surface area contributed by atoms with Gasteiger partial charge in [-0.25, -0.2) is 9.97 Å². The first kappa shape index (κ1) is 32.0. The number of nitrogens with zero attached hydrogens (tertiary/aromatic N) is 2. The van der Waals surface area contributed by atoms with Gasteiger partial charge in [-0.15, -0.1) is 0 Å². The molecule has 3 atom stereocenters. The van der Waals surface area contributed by atoms with Gasteiger partial charge in [0.05, 0.1) is 31.4 Å². The van der Waals surface area contributed by atoms with Gasteiger partial charge in [-0.3, -0.25) is 14.4 Å². The van der Waals surface area contributed by atoms with Gasteiger partial charge in [0.2, 0.25) is 0 Å². The fraction of sp³-hybridized carbons (Fsp3) is 0.536. The van der Waals surface area contributed by atoms with Crippen LogP contribution in [-0.4, -0.2) is 64.1 Å². The molecule has 0 radical (unpaired) electrons. The third kappa shape index (κ3) is 8.23. The smallest absolute Gasteiger partial charge is 0.274 e. The lowest BCUT2D eigenvalue weighted by Gasteiger charge is -2.18. The van der Waals surface area contributed by atoms with Gasteiger partial charge >= 0.3 is 0 Å². The van der Waals surface area contributed by atoms with Crippen LogP contribution in [-0.2, 0) is 4.79 Å². The summed E-state index contributed by atoms with van der Waals surface area (Å²) in [6.07, 6.45) is 4.04. The van der Waals surface area contributed by atoms with Crippen molar-refractivity contribution in [2.24, 2.45) is 0 Å². The molecule has 12 heteroatoms. The van der Waals surface area contributed by atoms with Crippen molar-refractivity contribution >= 4 is 49.5 Å². The van der Waals surface area contributed by atoms with Crippen molar-refractivity contribution in [2.45, 2.75) is 84.4 Å². The van der Waals surface area contributed by atoms with E-state index in [-0.39, 0.29) is 35.0 Å². The minimum atomic E-state index is -0.470. The average molecular weight is 684 g/mol. The van der Waals surface area contributed by atoms with Crippen LogP contribution >= 0.6 is 31.9 Å². The van der Waals surface area contributed by atoms with Gasteiger partial charge in [0, 0.05) is 6.42 Å². The monoisotopic (exact) mass is 682 g/mol. The van der Waals surface area contributed by atoms with E-state index in [9.17, 15) is 19.5 Å². The molecule has 2 unspecified atom stereocenters. The third-order valence-corrected chi connectivity index (χ3v) is 7.48. The highest BCUT2D eigenvalue weighted by Crippen LogP contribution is 2.27. The Hall–Kier alpha value is -2.57. The van der Waals surface area contributed by atoms with Crippen LogP contribution in [0.2, 0.25) is 0 Å². The molecule has 2 fully saturated rings. The Balaban J connectivity index is 0.000000220. The van der Waals surface area contributed by atoms with Crippen LogP contribution in [0.4, 0.5) is 0 Å². The predicted molar refractivity (Wildman–Crippen MR) is 157 cm³/mol. The minimum Gasteiger partial charge on any atom is -0.491 e. The average Bonchev–Trinajstić information content (AvgIpc) is 3.49. The topological polar surface area (TPSA) is 140 Å². The van der Waals surface area contributed by atoms with Crippen molar-refractivity contribution in [2.75, 3.05) is 13.2 Å². The number of hydrogen-bond acceptors (Lipinski definition) is 8. The van der Waals surface area contributed by atoms with Crippen molar-refractivity contribution < 1.29 is 29.0 Å². The molecule has 2 aliphatic rings. The van der Waals surface area contributed by atoms with Crippen LogP contribution < -0.4 is 20.1 Å². The van der Waals surface area contributed by atoms with Crippen molar-refractivity contribution in [1.82, 2.24) is 20.6 Å². The van der Waals surface area contributed by atoms with E-state index in [0.717, 1.165) is 36.8 Å². The molecule has 2 aromatic heterocycles. The Labute approximate surface area is 251 Å². The van der Waals surface area contributed by atoms with E-state index in [1.165, 1.54) is 0 Å². The molecule has 218 valence electrons. The molecule has 0 spiro atoms. The molecule has 0 aromatic carbocycles.